The van der Waals surface area contributed by atoms with Crippen LogP contribution in [0.1, 0.15) is 11.1 Å². The van der Waals surface area contributed by atoms with Crippen molar-refractivity contribution in [3.63, 3.8) is 0 Å². The monoisotopic (exact) mass is 299 g/mol. The molecule has 0 bridgehead atoms. The molecule has 0 radical (unpaired) electrons. The summed E-state index contributed by atoms with van der Waals surface area (Å²) < 4.78 is 0. The van der Waals surface area contributed by atoms with E-state index in [-0.39, 0.29) is 0 Å². The number of hydrogen-bond acceptors (Lipinski definition) is 1. The summed E-state index contributed by atoms with van der Waals surface area (Å²) in [7, 11) is 0. The number of halogens is 3. The maximum absolute atomic E-state index is 6.15. The molecule has 0 atom stereocenters. The van der Waals surface area contributed by atoms with Crippen LogP contribution in [0.2, 0.25) is 15.1 Å². The maximum Gasteiger partial charge on any atom is 0.0640 e. The minimum Gasteiger partial charge on any atom is -0.379 e. The molecule has 0 aliphatic carbocycles. The normalized spacial score (nSPS) is 10.4. The lowest BCUT2D eigenvalue weighted by molar-refractivity contribution is 1.14. The van der Waals surface area contributed by atoms with Gasteiger partial charge in [0, 0.05) is 16.6 Å². The molecular formula is C14H12Cl3N. The third kappa shape index (κ3) is 3.11. The van der Waals surface area contributed by atoms with Gasteiger partial charge in [-0.25, -0.2) is 0 Å². The predicted octanol–water partition coefficient (Wildman–Crippen LogP) is 5.57. The number of benzene rings is 2. The molecule has 0 aliphatic heterocycles. The Hall–Kier alpha value is -0.890. The molecule has 1 N–H and O–H groups in total. The van der Waals surface area contributed by atoms with Gasteiger partial charge in [0.05, 0.1) is 10.7 Å². The quantitative estimate of drug-likeness (QED) is 0.781. The molecule has 2 aromatic carbocycles. The first-order chi connectivity index (χ1) is 8.58. The van der Waals surface area contributed by atoms with E-state index in [0.29, 0.717) is 21.6 Å². The van der Waals surface area contributed by atoms with Crippen molar-refractivity contribution in [3.05, 3.63) is 62.6 Å². The number of anilines is 1. The first-order valence-corrected chi connectivity index (χ1v) is 6.64. The molecule has 4 heteroatoms. The summed E-state index contributed by atoms with van der Waals surface area (Å²) in [5.41, 5.74) is 2.97. The zero-order valence-electron chi connectivity index (χ0n) is 9.81. The SMILES string of the molecule is Cc1cccc(Cl)c1NCc1cc(Cl)ccc1Cl. The van der Waals surface area contributed by atoms with Gasteiger partial charge >= 0.3 is 0 Å². The van der Waals surface area contributed by atoms with Crippen molar-refractivity contribution in [1.29, 1.82) is 0 Å². The van der Waals surface area contributed by atoms with E-state index in [1.54, 1.807) is 12.1 Å². The topological polar surface area (TPSA) is 12.0 Å². The first kappa shape index (κ1) is 13.5. The van der Waals surface area contributed by atoms with E-state index in [1.165, 1.54) is 0 Å². The minimum absolute atomic E-state index is 0.587. The fourth-order valence-electron chi connectivity index (χ4n) is 1.72. The number of rotatable bonds is 3. The summed E-state index contributed by atoms with van der Waals surface area (Å²) in [6.45, 7) is 2.59. The average Bonchev–Trinajstić information content (AvgIpc) is 2.33. The van der Waals surface area contributed by atoms with E-state index >= 15 is 0 Å². The van der Waals surface area contributed by atoms with Crippen LogP contribution in [-0.4, -0.2) is 0 Å². The highest BCUT2D eigenvalue weighted by atomic mass is 35.5. The minimum atomic E-state index is 0.587. The van der Waals surface area contributed by atoms with Crippen molar-refractivity contribution in [2.45, 2.75) is 13.5 Å². The summed E-state index contributed by atoms with van der Waals surface area (Å²) in [6, 6.07) is 11.2. The van der Waals surface area contributed by atoms with Gasteiger partial charge in [0.1, 0.15) is 0 Å². The molecule has 0 heterocycles. The van der Waals surface area contributed by atoms with Gasteiger partial charge in [-0.2, -0.15) is 0 Å². The lowest BCUT2D eigenvalue weighted by Gasteiger charge is -2.12. The van der Waals surface area contributed by atoms with Crippen molar-refractivity contribution in [2.75, 3.05) is 5.32 Å². The van der Waals surface area contributed by atoms with Crippen LogP contribution in [0, 0.1) is 6.92 Å². The van der Waals surface area contributed by atoms with E-state index in [2.05, 4.69) is 5.32 Å². The fraction of sp³-hybridized carbons (Fsp3) is 0.143. The molecule has 0 aromatic heterocycles. The predicted molar refractivity (Wildman–Crippen MR) is 80.0 cm³/mol. The Morgan fingerprint density at radius 1 is 1.00 bits per heavy atom. The van der Waals surface area contributed by atoms with Crippen LogP contribution in [0.3, 0.4) is 0 Å². The molecule has 0 spiro atoms. The molecule has 0 amide bonds. The highest BCUT2D eigenvalue weighted by Crippen LogP contribution is 2.27. The highest BCUT2D eigenvalue weighted by Gasteiger charge is 2.05. The molecule has 2 aromatic rings. The lowest BCUT2D eigenvalue weighted by Crippen LogP contribution is -2.02. The molecule has 1 nitrogen and oxygen atoms in total. The largest absolute Gasteiger partial charge is 0.379 e. The summed E-state index contributed by atoms with van der Waals surface area (Å²) in [5, 5.41) is 5.36. The Morgan fingerprint density at radius 2 is 1.78 bits per heavy atom. The smallest absolute Gasteiger partial charge is 0.0640 e. The van der Waals surface area contributed by atoms with Crippen LogP contribution in [0.25, 0.3) is 0 Å². The summed E-state index contributed by atoms with van der Waals surface area (Å²) >= 11 is 18.2. The van der Waals surface area contributed by atoms with Crippen molar-refractivity contribution >= 4 is 40.5 Å². The van der Waals surface area contributed by atoms with Gasteiger partial charge < -0.3 is 5.32 Å². The number of para-hydroxylation sites is 1. The highest BCUT2D eigenvalue weighted by molar-refractivity contribution is 6.34. The summed E-state index contributed by atoms with van der Waals surface area (Å²) in [6.07, 6.45) is 0. The van der Waals surface area contributed by atoms with E-state index in [4.69, 9.17) is 34.8 Å². The van der Waals surface area contributed by atoms with Gasteiger partial charge in [-0.15, -0.1) is 0 Å². The lowest BCUT2D eigenvalue weighted by atomic mass is 10.1. The average molecular weight is 301 g/mol. The van der Waals surface area contributed by atoms with E-state index in [9.17, 15) is 0 Å². The summed E-state index contributed by atoms with van der Waals surface area (Å²) in [4.78, 5) is 0. The van der Waals surface area contributed by atoms with E-state index in [1.807, 2.05) is 31.2 Å². The maximum atomic E-state index is 6.15. The van der Waals surface area contributed by atoms with Gasteiger partial charge in [-0.05, 0) is 42.3 Å². The Bertz CT molecular complexity index is 547. The molecule has 94 valence electrons. The van der Waals surface area contributed by atoms with Crippen LogP contribution in [-0.2, 0) is 6.54 Å². The van der Waals surface area contributed by atoms with Crippen LogP contribution in [0.15, 0.2) is 36.4 Å². The van der Waals surface area contributed by atoms with Gasteiger partial charge in [0.15, 0.2) is 0 Å². The second-order valence-electron chi connectivity index (χ2n) is 4.02. The number of hydrogen-bond donors (Lipinski definition) is 1. The molecule has 0 saturated heterocycles. The van der Waals surface area contributed by atoms with Crippen LogP contribution in [0.4, 0.5) is 5.69 Å². The van der Waals surface area contributed by atoms with Crippen LogP contribution in [0.5, 0.6) is 0 Å². The third-order valence-electron chi connectivity index (χ3n) is 2.69. The summed E-state index contributed by atoms with van der Waals surface area (Å²) in [5.74, 6) is 0. The standard InChI is InChI=1S/C14H12Cl3N/c1-9-3-2-4-13(17)14(9)18-8-10-7-11(15)5-6-12(10)16/h2-7,18H,8H2,1H3. The van der Waals surface area contributed by atoms with Crippen molar-refractivity contribution in [2.24, 2.45) is 0 Å². The molecule has 18 heavy (non-hydrogen) atoms. The van der Waals surface area contributed by atoms with Gasteiger partial charge in [-0.3, -0.25) is 0 Å². The molecule has 0 fully saturated rings. The van der Waals surface area contributed by atoms with Crippen molar-refractivity contribution in [3.8, 4) is 0 Å². The van der Waals surface area contributed by atoms with Gasteiger partial charge in [0.2, 0.25) is 0 Å². The van der Waals surface area contributed by atoms with E-state index in [0.717, 1.165) is 16.8 Å². The van der Waals surface area contributed by atoms with Crippen molar-refractivity contribution < 1.29 is 0 Å². The van der Waals surface area contributed by atoms with Gasteiger partial charge in [-0.1, -0.05) is 46.9 Å². The Labute approximate surface area is 122 Å². The Morgan fingerprint density at radius 3 is 2.50 bits per heavy atom. The fourth-order valence-corrected chi connectivity index (χ4v) is 2.39. The third-order valence-corrected chi connectivity index (χ3v) is 3.60. The molecule has 0 aliphatic rings. The van der Waals surface area contributed by atoms with Crippen LogP contribution < -0.4 is 5.32 Å². The number of nitrogens with one attached hydrogen (secondary N) is 1. The Kier molecular flexibility index (Phi) is 4.39. The van der Waals surface area contributed by atoms with Gasteiger partial charge in [0.25, 0.3) is 0 Å². The molecule has 0 unspecified atom stereocenters. The van der Waals surface area contributed by atoms with E-state index < -0.39 is 0 Å². The van der Waals surface area contributed by atoms with Crippen molar-refractivity contribution in [1.82, 2.24) is 0 Å². The van der Waals surface area contributed by atoms with Crippen LogP contribution >= 0.6 is 34.8 Å². The Balaban J connectivity index is 2.19. The second kappa shape index (κ2) is 5.83. The number of aryl methyl sites for hydroxylation is 1. The second-order valence-corrected chi connectivity index (χ2v) is 5.27. The zero-order chi connectivity index (χ0) is 13.1. The molecule has 0 saturated carbocycles. The first-order valence-electron chi connectivity index (χ1n) is 5.51. The molecule has 2 rings (SSSR count). The zero-order valence-corrected chi connectivity index (χ0v) is 12.1. The molecular weight excluding hydrogens is 289 g/mol.